The van der Waals surface area contributed by atoms with Gasteiger partial charge < -0.3 is 20.1 Å². The summed E-state index contributed by atoms with van der Waals surface area (Å²) < 4.78 is 10.1. The Morgan fingerprint density at radius 1 is 1.25 bits per heavy atom. The van der Waals surface area contributed by atoms with E-state index < -0.39 is 0 Å². The Morgan fingerprint density at radius 2 is 2.00 bits per heavy atom. The minimum absolute atomic E-state index is 0.0254. The number of hydrogen-bond acceptors (Lipinski definition) is 4. The lowest BCUT2D eigenvalue weighted by molar-refractivity contribution is -0.121. The first-order chi connectivity index (χ1) is 9.65. The summed E-state index contributed by atoms with van der Waals surface area (Å²) in [6, 6.07) is 8.14. The second-order valence-electron chi connectivity index (χ2n) is 4.78. The summed E-state index contributed by atoms with van der Waals surface area (Å²) in [4.78, 5) is 11.6. The third-order valence-corrected chi connectivity index (χ3v) is 2.74. The van der Waals surface area contributed by atoms with Crippen LogP contribution in [-0.2, 0) is 27.4 Å². The summed E-state index contributed by atoms with van der Waals surface area (Å²) in [5.41, 5.74) is 2.27. The molecule has 1 atom stereocenters. The summed E-state index contributed by atoms with van der Waals surface area (Å²) in [5.74, 6) is -0.0254. The highest BCUT2D eigenvalue weighted by molar-refractivity contribution is 5.78. The van der Waals surface area contributed by atoms with Crippen LogP contribution in [0.4, 0.5) is 0 Å². The summed E-state index contributed by atoms with van der Waals surface area (Å²) in [7, 11) is 3.30. The van der Waals surface area contributed by atoms with Crippen LogP contribution in [0.3, 0.4) is 0 Å². The van der Waals surface area contributed by atoms with Gasteiger partial charge in [-0.3, -0.25) is 4.79 Å². The van der Waals surface area contributed by atoms with Crippen LogP contribution < -0.4 is 10.6 Å². The average molecular weight is 280 g/mol. The van der Waals surface area contributed by atoms with Gasteiger partial charge in [-0.25, -0.2) is 0 Å². The van der Waals surface area contributed by atoms with E-state index >= 15 is 0 Å². The van der Waals surface area contributed by atoms with E-state index in [0.717, 1.165) is 11.1 Å². The van der Waals surface area contributed by atoms with Crippen LogP contribution in [0.15, 0.2) is 24.3 Å². The molecule has 1 aromatic carbocycles. The topological polar surface area (TPSA) is 59.6 Å². The normalized spacial score (nSPS) is 12.2. The van der Waals surface area contributed by atoms with Crippen molar-refractivity contribution < 1.29 is 14.3 Å². The fourth-order valence-corrected chi connectivity index (χ4v) is 1.93. The summed E-state index contributed by atoms with van der Waals surface area (Å²) in [5, 5.41) is 5.98. The van der Waals surface area contributed by atoms with Crippen molar-refractivity contribution in [3.05, 3.63) is 35.4 Å². The molecule has 0 aliphatic rings. The molecule has 0 aromatic heterocycles. The fourth-order valence-electron chi connectivity index (χ4n) is 1.93. The molecule has 0 saturated carbocycles. The van der Waals surface area contributed by atoms with Gasteiger partial charge in [0.15, 0.2) is 0 Å². The van der Waals surface area contributed by atoms with Crippen LogP contribution in [0.2, 0.25) is 0 Å². The third kappa shape index (κ3) is 6.65. The molecule has 0 bridgehead atoms. The molecular weight excluding hydrogens is 256 g/mol. The maximum atomic E-state index is 11.6. The zero-order valence-electron chi connectivity index (χ0n) is 12.4. The number of benzene rings is 1. The third-order valence-electron chi connectivity index (χ3n) is 2.74. The first kappa shape index (κ1) is 16.6. The predicted molar refractivity (Wildman–Crippen MR) is 78.3 cm³/mol. The number of carbonyl (C=O) groups excluding carboxylic acids is 1. The van der Waals surface area contributed by atoms with Crippen molar-refractivity contribution in [1.29, 1.82) is 0 Å². The Labute approximate surface area is 120 Å². The van der Waals surface area contributed by atoms with Crippen LogP contribution in [0.5, 0.6) is 0 Å². The van der Waals surface area contributed by atoms with Gasteiger partial charge in [0.1, 0.15) is 0 Å². The van der Waals surface area contributed by atoms with E-state index in [2.05, 4.69) is 16.7 Å². The number of ether oxygens (including phenoxy) is 2. The summed E-state index contributed by atoms with van der Waals surface area (Å²) in [6.07, 6.45) is 0. The van der Waals surface area contributed by atoms with Crippen molar-refractivity contribution in [1.82, 2.24) is 10.6 Å². The highest BCUT2D eigenvalue weighted by atomic mass is 16.5. The van der Waals surface area contributed by atoms with Crippen molar-refractivity contribution in [2.45, 2.75) is 26.1 Å². The van der Waals surface area contributed by atoms with Gasteiger partial charge in [-0.05, 0) is 18.1 Å². The first-order valence-electron chi connectivity index (χ1n) is 6.71. The molecule has 1 unspecified atom stereocenters. The van der Waals surface area contributed by atoms with Gasteiger partial charge >= 0.3 is 0 Å². The quantitative estimate of drug-likeness (QED) is 0.710. The monoisotopic (exact) mass is 280 g/mol. The van der Waals surface area contributed by atoms with Crippen molar-refractivity contribution in [2.75, 3.05) is 27.4 Å². The number of methoxy groups -OCH3 is 2. The fraction of sp³-hybridized carbons (Fsp3) is 0.533. The number of hydrogen-bond donors (Lipinski definition) is 2. The van der Waals surface area contributed by atoms with E-state index in [-0.39, 0.29) is 11.9 Å². The molecule has 2 N–H and O–H groups in total. The zero-order valence-corrected chi connectivity index (χ0v) is 12.4. The number of carbonyl (C=O) groups is 1. The Bertz CT molecular complexity index is 410. The molecule has 0 saturated heterocycles. The largest absolute Gasteiger partial charge is 0.383 e. The Hall–Kier alpha value is -1.43. The maximum absolute atomic E-state index is 11.6. The molecule has 5 nitrogen and oxygen atoms in total. The van der Waals surface area contributed by atoms with Crippen molar-refractivity contribution in [3.8, 4) is 0 Å². The van der Waals surface area contributed by atoms with Gasteiger partial charge in [0.25, 0.3) is 0 Å². The molecule has 1 rings (SSSR count). The number of nitrogens with one attached hydrogen (secondary N) is 2. The summed E-state index contributed by atoms with van der Waals surface area (Å²) in [6.45, 7) is 3.98. The first-order valence-corrected chi connectivity index (χ1v) is 6.71. The summed E-state index contributed by atoms with van der Waals surface area (Å²) >= 11 is 0. The Kier molecular flexibility index (Phi) is 7.87. The highest BCUT2D eigenvalue weighted by Crippen LogP contribution is 2.05. The maximum Gasteiger partial charge on any atom is 0.234 e. The highest BCUT2D eigenvalue weighted by Gasteiger charge is 2.06. The molecule has 0 spiro atoms. The minimum atomic E-state index is -0.0254. The van der Waals surface area contributed by atoms with E-state index in [1.54, 1.807) is 14.2 Å². The molecule has 0 aliphatic heterocycles. The molecular formula is C15H24N2O3. The second-order valence-corrected chi connectivity index (χ2v) is 4.78. The molecule has 0 fully saturated rings. The van der Waals surface area contributed by atoms with Crippen molar-refractivity contribution in [2.24, 2.45) is 0 Å². The van der Waals surface area contributed by atoms with Crippen LogP contribution in [0.25, 0.3) is 0 Å². The van der Waals surface area contributed by atoms with Crippen LogP contribution in [0, 0.1) is 0 Å². The van der Waals surface area contributed by atoms with E-state index in [4.69, 9.17) is 9.47 Å². The molecule has 5 heteroatoms. The lowest BCUT2D eigenvalue weighted by Crippen LogP contribution is -2.40. The number of rotatable bonds is 9. The molecule has 20 heavy (non-hydrogen) atoms. The molecule has 1 amide bonds. The van der Waals surface area contributed by atoms with Gasteiger partial charge in [0.2, 0.25) is 5.91 Å². The molecule has 1 aromatic rings. The van der Waals surface area contributed by atoms with Gasteiger partial charge in [-0.15, -0.1) is 0 Å². The van der Waals surface area contributed by atoms with E-state index in [1.807, 2.05) is 25.1 Å². The van der Waals surface area contributed by atoms with Gasteiger partial charge in [0.05, 0.1) is 19.8 Å². The predicted octanol–water partition coefficient (Wildman–Crippen LogP) is 1.07. The Balaban J connectivity index is 2.29. The van der Waals surface area contributed by atoms with Crippen molar-refractivity contribution >= 4 is 5.91 Å². The number of amides is 1. The molecule has 112 valence electrons. The minimum Gasteiger partial charge on any atom is -0.383 e. The van der Waals surface area contributed by atoms with Crippen LogP contribution in [0.1, 0.15) is 18.1 Å². The Morgan fingerprint density at radius 3 is 2.70 bits per heavy atom. The van der Waals surface area contributed by atoms with E-state index in [1.165, 1.54) is 0 Å². The lowest BCUT2D eigenvalue weighted by atomic mass is 10.1. The average Bonchev–Trinajstić information content (AvgIpc) is 2.39. The zero-order chi connectivity index (χ0) is 14.8. The van der Waals surface area contributed by atoms with E-state index in [0.29, 0.717) is 26.3 Å². The molecule has 0 radical (unpaired) electrons. The lowest BCUT2D eigenvalue weighted by Gasteiger charge is -2.13. The second kappa shape index (κ2) is 9.47. The van der Waals surface area contributed by atoms with Crippen LogP contribution >= 0.6 is 0 Å². The van der Waals surface area contributed by atoms with Gasteiger partial charge in [-0.1, -0.05) is 24.3 Å². The smallest absolute Gasteiger partial charge is 0.234 e. The van der Waals surface area contributed by atoms with Gasteiger partial charge in [-0.2, -0.15) is 0 Å². The molecule has 0 aliphatic carbocycles. The SMILES string of the molecule is COCc1cccc(CNCC(=O)NC(C)COC)c1. The van der Waals surface area contributed by atoms with Crippen LogP contribution in [-0.4, -0.2) is 39.3 Å². The van der Waals surface area contributed by atoms with Gasteiger partial charge in [0, 0.05) is 26.8 Å². The molecule has 0 heterocycles. The standard InChI is InChI=1S/C15H24N2O3/c1-12(10-19-2)17-15(18)9-16-8-13-5-4-6-14(7-13)11-20-3/h4-7,12,16H,8-11H2,1-3H3,(H,17,18). The van der Waals surface area contributed by atoms with Crippen molar-refractivity contribution in [3.63, 3.8) is 0 Å². The van der Waals surface area contributed by atoms with E-state index in [9.17, 15) is 4.79 Å².